The van der Waals surface area contributed by atoms with Crippen molar-refractivity contribution in [3.63, 3.8) is 0 Å². The zero-order valence-corrected chi connectivity index (χ0v) is 10.7. The highest BCUT2D eigenvalue weighted by molar-refractivity contribution is 6.17. The van der Waals surface area contributed by atoms with Gasteiger partial charge in [-0.1, -0.05) is 0 Å². The number of nitrogens with one attached hydrogen (secondary N) is 1. The van der Waals surface area contributed by atoms with Gasteiger partial charge >= 0.3 is 0 Å². The topological polar surface area (TPSA) is 76.4 Å². The van der Waals surface area contributed by atoms with Crippen molar-refractivity contribution in [3.8, 4) is 6.07 Å². The molecule has 0 aliphatic rings. The van der Waals surface area contributed by atoms with Crippen molar-refractivity contribution in [2.75, 3.05) is 32.1 Å². The maximum absolute atomic E-state index is 11.6. The number of hydrogen-bond donors (Lipinski definition) is 2. The van der Waals surface area contributed by atoms with Gasteiger partial charge in [-0.3, -0.25) is 4.79 Å². The summed E-state index contributed by atoms with van der Waals surface area (Å²) in [5, 5.41) is 20.3. The highest BCUT2D eigenvalue weighted by Gasteiger charge is 2.09. The van der Waals surface area contributed by atoms with Crippen LogP contribution in [0, 0.1) is 11.3 Å². The molecule has 6 heteroatoms. The van der Waals surface area contributed by atoms with Crippen LogP contribution in [0.2, 0.25) is 0 Å². The van der Waals surface area contributed by atoms with Gasteiger partial charge < -0.3 is 15.3 Å². The first-order valence-corrected chi connectivity index (χ1v) is 6.04. The molecule has 0 aliphatic heterocycles. The fraction of sp³-hybridized carbons (Fsp3) is 0.636. The Labute approximate surface area is 107 Å². The van der Waals surface area contributed by atoms with Crippen LogP contribution in [0.25, 0.3) is 0 Å². The number of carbonyl (C=O) groups excluding carboxylic acids is 1. The molecule has 0 saturated heterocycles. The minimum absolute atomic E-state index is 0.0169. The van der Waals surface area contributed by atoms with E-state index >= 15 is 0 Å². The van der Waals surface area contributed by atoms with Gasteiger partial charge in [0.1, 0.15) is 11.6 Å². The molecule has 0 unspecified atom stereocenters. The lowest BCUT2D eigenvalue weighted by atomic mass is 10.3. The summed E-state index contributed by atoms with van der Waals surface area (Å²) >= 11 is 5.48. The Morgan fingerprint density at radius 1 is 1.65 bits per heavy atom. The molecule has 0 fully saturated rings. The number of aliphatic hydroxyl groups is 1. The molecule has 0 spiro atoms. The largest absolute Gasteiger partial charge is 0.395 e. The zero-order valence-electron chi connectivity index (χ0n) is 9.95. The highest BCUT2D eigenvalue weighted by atomic mass is 35.5. The van der Waals surface area contributed by atoms with E-state index in [1.165, 1.54) is 6.20 Å². The first-order valence-electron chi connectivity index (χ1n) is 5.50. The zero-order chi connectivity index (χ0) is 13.1. The molecule has 0 aliphatic carbocycles. The number of rotatable bonds is 8. The van der Waals surface area contributed by atoms with Gasteiger partial charge in [-0.2, -0.15) is 5.26 Å². The molecule has 96 valence electrons. The quantitative estimate of drug-likeness (QED) is 0.287. The van der Waals surface area contributed by atoms with Gasteiger partial charge in [0.05, 0.1) is 6.61 Å². The van der Waals surface area contributed by atoms with Crippen LogP contribution in [0.1, 0.15) is 13.3 Å². The Hall–Kier alpha value is -1.25. The maximum atomic E-state index is 11.6. The Kier molecular flexibility index (Phi) is 9.21. The van der Waals surface area contributed by atoms with Crippen LogP contribution in [0.4, 0.5) is 0 Å². The second kappa shape index (κ2) is 9.94. The number of hydrogen-bond acceptors (Lipinski definition) is 4. The van der Waals surface area contributed by atoms with Crippen LogP contribution in [0.5, 0.6) is 0 Å². The maximum Gasteiger partial charge on any atom is 0.263 e. The molecule has 1 amide bonds. The van der Waals surface area contributed by atoms with E-state index in [-0.39, 0.29) is 12.2 Å². The molecule has 5 nitrogen and oxygen atoms in total. The SMILES string of the molecule is CCN(/C=C(/C#N)C(=O)NCCCCl)CCO. The van der Waals surface area contributed by atoms with Crippen LogP contribution in [0.15, 0.2) is 11.8 Å². The Morgan fingerprint density at radius 3 is 2.82 bits per heavy atom. The third kappa shape index (κ3) is 6.82. The number of carbonyl (C=O) groups is 1. The number of nitriles is 1. The van der Waals surface area contributed by atoms with Crippen molar-refractivity contribution in [2.24, 2.45) is 0 Å². The Morgan fingerprint density at radius 2 is 2.35 bits per heavy atom. The molecule has 0 bridgehead atoms. The first-order chi connectivity index (χ1) is 8.19. The Bertz CT molecular complexity index is 300. The van der Waals surface area contributed by atoms with Crippen LogP contribution in [0.3, 0.4) is 0 Å². The molecule has 0 aromatic rings. The van der Waals surface area contributed by atoms with Crippen molar-refractivity contribution in [1.29, 1.82) is 5.26 Å². The summed E-state index contributed by atoms with van der Waals surface area (Å²) in [6.07, 6.45) is 2.13. The predicted molar refractivity (Wildman–Crippen MR) is 66.4 cm³/mol. The van der Waals surface area contributed by atoms with E-state index in [0.717, 1.165) is 0 Å². The van der Waals surface area contributed by atoms with Gasteiger partial charge in [-0.25, -0.2) is 0 Å². The summed E-state index contributed by atoms with van der Waals surface area (Å²) in [6, 6.07) is 1.84. The molecule has 0 atom stereocenters. The van der Waals surface area contributed by atoms with E-state index < -0.39 is 5.91 Å². The fourth-order valence-corrected chi connectivity index (χ4v) is 1.26. The van der Waals surface area contributed by atoms with Gasteiger partial charge in [0.15, 0.2) is 0 Å². The lowest BCUT2D eigenvalue weighted by Gasteiger charge is -2.16. The van der Waals surface area contributed by atoms with E-state index in [4.69, 9.17) is 22.0 Å². The van der Waals surface area contributed by atoms with Gasteiger partial charge in [0.25, 0.3) is 5.91 Å². The minimum atomic E-state index is -0.408. The number of aliphatic hydroxyl groups excluding tert-OH is 1. The van der Waals surface area contributed by atoms with E-state index in [1.54, 1.807) is 4.90 Å². The van der Waals surface area contributed by atoms with Crippen LogP contribution < -0.4 is 5.32 Å². The lowest BCUT2D eigenvalue weighted by molar-refractivity contribution is -0.117. The van der Waals surface area contributed by atoms with E-state index in [0.29, 0.717) is 31.9 Å². The third-order valence-corrected chi connectivity index (χ3v) is 2.33. The normalized spacial score (nSPS) is 10.8. The molecule has 0 aromatic carbocycles. The first kappa shape index (κ1) is 15.8. The number of amides is 1. The number of nitrogens with zero attached hydrogens (tertiary/aromatic N) is 2. The van der Waals surface area contributed by atoms with E-state index in [1.807, 2.05) is 13.0 Å². The molecule has 0 radical (unpaired) electrons. The van der Waals surface area contributed by atoms with Crippen LogP contribution in [-0.4, -0.2) is 48.0 Å². The van der Waals surface area contributed by atoms with Crippen molar-refractivity contribution in [3.05, 3.63) is 11.8 Å². The molecule has 0 aromatic heterocycles. The molecular weight excluding hydrogens is 242 g/mol. The van der Waals surface area contributed by atoms with E-state index in [2.05, 4.69) is 5.32 Å². The second-order valence-corrected chi connectivity index (χ2v) is 3.68. The minimum Gasteiger partial charge on any atom is -0.395 e. The van der Waals surface area contributed by atoms with Crippen LogP contribution in [-0.2, 0) is 4.79 Å². The summed E-state index contributed by atoms with van der Waals surface area (Å²) in [5.74, 6) is 0.0614. The molecular formula is C11H18ClN3O2. The number of likely N-dealkylation sites (N-methyl/N-ethyl adjacent to an activating group) is 1. The van der Waals surface area contributed by atoms with E-state index in [9.17, 15) is 4.79 Å². The molecule has 0 saturated carbocycles. The van der Waals surface area contributed by atoms with Crippen molar-refractivity contribution in [2.45, 2.75) is 13.3 Å². The molecule has 2 N–H and O–H groups in total. The fourth-order valence-electron chi connectivity index (χ4n) is 1.13. The van der Waals surface area contributed by atoms with Crippen molar-refractivity contribution < 1.29 is 9.90 Å². The Balaban J connectivity index is 4.42. The average molecular weight is 260 g/mol. The van der Waals surface area contributed by atoms with Gasteiger partial charge in [0.2, 0.25) is 0 Å². The van der Waals surface area contributed by atoms with Crippen molar-refractivity contribution in [1.82, 2.24) is 10.2 Å². The van der Waals surface area contributed by atoms with Crippen LogP contribution >= 0.6 is 11.6 Å². The van der Waals surface area contributed by atoms with Gasteiger partial charge in [-0.15, -0.1) is 11.6 Å². The standard InChI is InChI=1S/C11H18ClN3O2/c1-2-15(6-7-16)9-10(8-13)11(17)14-5-3-4-12/h9,16H,2-7H2,1H3,(H,14,17)/b10-9-. The third-order valence-electron chi connectivity index (χ3n) is 2.07. The number of halogens is 1. The summed E-state index contributed by atoms with van der Waals surface area (Å²) in [4.78, 5) is 13.3. The summed E-state index contributed by atoms with van der Waals surface area (Å²) in [7, 11) is 0. The monoisotopic (exact) mass is 259 g/mol. The lowest BCUT2D eigenvalue weighted by Crippen LogP contribution is -2.28. The smallest absolute Gasteiger partial charge is 0.263 e. The van der Waals surface area contributed by atoms with Crippen molar-refractivity contribution >= 4 is 17.5 Å². The number of alkyl halides is 1. The average Bonchev–Trinajstić information content (AvgIpc) is 2.34. The van der Waals surface area contributed by atoms with Gasteiger partial charge in [0, 0.05) is 31.7 Å². The molecule has 0 heterocycles. The summed E-state index contributed by atoms with van der Waals surface area (Å²) in [5.41, 5.74) is 0.0369. The summed E-state index contributed by atoms with van der Waals surface area (Å²) < 4.78 is 0. The molecule has 0 rings (SSSR count). The highest BCUT2D eigenvalue weighted by Crippen LogP contribution is 1.98. The molecule has 17 heavy (non-hydrogen) atoms. The van der Waals surface area contributed by atoms with Gasteiger partial charge in [-0.05, 0) is 13.3 Å². The second-order valence-electron chi connectivity index (χ2n) is 3.31. The summed E-state index contributed by atoms with van der Waals surface area (Å²) in [6.45, 7) is 3.34. The predicted octanol–water partition coefficient (Wildman–Crippen LogP) is 0.453.